The van der Waals surface area contributed by atoms with Crippen LogP contribution in [0.1, 0.15) is 12.6 Å². The maximum atomic E-state index is 13.3. The second-order valence-electron chi connectivity index (χ2n) is 7.47. The van der Waals surface area contributed by atoms with Gasteiger partial charge in [-0.05, 0) is 19.1 Å². The highest BCUT2D eigenvalue weighted by molar-refractivity contribution is 8.00. The largest absolute Gasteiger partial charge is 0.497 e. The van der Waals surface area contributed by atoms with Gasteiger partial charge in [0.25, 0.3) is 5.56 Å². The molecule has 1 saturated heterocycles. The summed E-state index contributed by atoms with van der Waals surface area (Å²) in [4.78, 5) is 46.8. The number of rotatable bonds is 6. The minimum absolute atomic E-state index is 0.0511. The number of carbonyl (C=O) groups is 2. The van der Waals surface area contributed by atoms with Crippen LogP contribution in [-0.4, -0.2) is 82.8 Å². The molecule has 11 heteroatoms. The number of aryl methyl sites for hydroxylation is 1. The summed E-state index contributed by atoms with van der Waals surface area (Å²) in [6.45, 7) is 3.89. The van der Waals surface area contributed by atoms with Crippen LogP contribution >= 0.6 is 23.5 Å². The zero-order valence-electron chi connectivity index (χ0n) is 18.6. The maximum absolute atomic E-state index is 13.3. The van der Waals surface area contributed by atoms with Crippen LogP contribution in [0.25, 0.3) is 5.69 Å². The quantitative estimate of drug-likeness (QED) is 0.450. The van der Waals surface area contributed by atoms with Crippen LogP contribution in [-0.2, 0) is 16.0 Å². The van der Waals surface area contributed by atoms with Crippen molar-refractivity contribution in [3.63, 3.8) is 0 Å². The lowest BCUT2D eigenvalue weighted by atomic mass is 10.3. The van der Waals surface area contributed by atoms with Gasteiger partial charge in [0.2, 0.25) is 5.91 Å². The van der Waals surface area contributed by atoms with E-state index in [9.17, 15) is 14.4 Å². The molecular weight excluding hydrogens is 464 g/mol. The summed E-state index contributed by atoms with van der Waals surface area (Å²) in [5.74, 6) is 1.57. The standard InChI is InChI=1S/C22H26N4O5S2/c1-3-31-22(29)25-10-8-24(9-11-25)18(27)14-33-21-23-17-7-12-32-19(17)20(28)26(21)15-5-4-6-16(13-15)30-2/h4-6,13H,3,7-12,14H2,1-2H3. The molecule has 4 rings (SSSR count). The number of methoxy groups -OCH3 is 1. The van der Waals surface area contributed by atoms with E-state index in [1.807, 2.05) is 18.2 Å². The summed E-state index contributed by atoms with van der Waals surface area (Å²) in [5, 5.41) is 0.494. The molecule has 3 heterocycles. The Morgan fingerprint density at radius 3 is 2.67 bits per heavy atom. The highest BCUT2D eigenvalue weighted by atomic mass is 32.2. The van der Waals surface area contributed by atoms with Gasteiger partial charge in [-0.2, -0.15) is 0 Å². The van der Waals surface area contributed by atoms with Crippen molar-refractivity contribution < 1.29 is 19.1 Å². The summed E-state index contributed by atoms with van der Waals surface area (Å²) in [6, 6.07) is 7.26. The molecule has 2 aromatic rings. The fourth-order valence-electron chi connectivity index (χ4n) is 3.74. The van der Waals surface area contributed by atoms with Crippen LogP contribution in [0.4, 0.5) is 4.79 Å². The second-order valence-corrected chi connectivity index (χ2v) is 9.51. The molecule has 0 radical (unpaired) electrons. The van der Waals surface area contributed by atoms with E-state index in [-0.39, 0.29) is 23.3 Å². The van der Waals surface area contributed by atoms with Crippen molar-refractivity contribution >= 4 is 35.5 Å². The third kappa shape index (κ3) is 5.14. The molecule has 1 fully saturated rings. The molecule has 0 bridgehead atoms. The SMILES string of the molecule is CCOC(=O)N1CCN(C(=O)CSc2nc3c(c(=O)n2-c2cccc(OC)c2)SCC3)CC1. The molecule has 0 spiro atoms. The Balaban J connectivity index is 1.50. The van der Waals surface area contributed by atoms with Crippen molar-refractivity contribution in [1.29, 1.82) is 0 Å². The Labute approximate surface area is 200 Å². The molecule has 176 valence electrons. The first-order valence-electron chi connectivity index (χ1n) is 10.8. The number of aromatic nitrogens is 2. The fourth-order valence-corrected chi connectivity index (χ4v) is 5.69. The van der Waals surface area contributed by atoms with Crippen LogP contribution in [0.5, 0.6) is 5.75 Å². The van der Waals surface area contributed by atoms with Crippen molar-refractivity contribution in [3.8, 4) is 11.4 Å². The molecule has 9 nitrogen and oxygen atoms in total. The fraction of sp³-hybridized carbons (Fsp3) is 0.455. The summed E-state index contributed by atoms with van der Waals surface area (Å²) < 4.78 is 11.9. The summed E-state index contributed by atoms with van der Waals surface area (Å²) in [7, 11) is 1.58. The monoisotopic (exact) mass is 490 g/mol. The van der Waals surface area contributed by atoms with Gasteiger partial charge in [0.1, 0.15) is 5.75 Å². The lowest BCUT2D eigenvalue weighted by molar-refractivity contribution is -0.129. The van der Waals surface area contributed by atoms with E-state index in [0.29, 0.717) is 54.3 Å². The number of amides is 2. The van der Waals surface area contributed by atoms with Crippen LogP contribution < -0.4 is 10.3 Å². The molecule has 0 N–H and O–H groups in total. The number of thioether (sulfide) groups is 2. The number of nitrogens with zero attached hydrogens (tertiary/aromatic N) is 4. The zero-order chi connectivity index (χ0) is 23.4. The number of ether oxygens (including phenoxy) is 2. The van der Waals surface area contributed by atoms with Gasteiger partial charge in [-0.25, -0.2) is 9.78 Å². The van der Waals surface area contributed by atoms with Gasteiger partial charge in [0, 0.05) is 44.4 Å². The van der Waals surface area contributed by atoms with E-state index in [2.05, 4.69) is 0 Å². The molecule has 2 amide bonds. The Morgan fingerprint density at radius 1 is 1.18 bits per heavy atom. The van der Waals surface area contributed by atoms with E-state index in [1.165, 1.54) is 23.5 Å². The van der Waals surface area contributed by atoms with Gasteiger partial charge in [-0.3, -0.25) is 14.2 Å². The second kappa shape index (κ2) is 10.5. The molecule has 33 heavy (non-hydrogen) atoms. The maximum Gasteiger partial charge on any atom is 0.409 e. The van der Waals surface area contributed by atoms with Gasteiger partial charge in [-0.15, -0.1) is 11.8 Å². The van der Waals surface area contributed by atoms with Crippen LogP contribution in [0.15, 0.2) is 39.1 Å². The van der Waals surface area contributed by atoms with E-state index in [0.717, 1.165) is 17.9 Å². The number of benzene rings is 1. The van der Waals surface area contributed by atoms with Crippen molar-refractivity contribution in [3.05, 3.63) is 40.3 Å². The van der Waals surface area contributed by atoms with Gasteiger partial charge in [0.15, 0.2) is 5.16 Å². The molecule has 0 aliphatic carbocycles. The van der Waals surface area contributed by atoms with Crippen LogP contribution in [0.3, 0.4) is 0 Å². The van der Waals surface area contributed by atoms with Crippen molar-refractivity contribution in [2.75, 3.05) is 51.4 Å². The highest BCUT2D eigenvalue weighted by Gasteiger charge is 2.27. The lowest BCUT2D eigenvalue weighted by Crippen LogP contribution is -2.51. The van der Waals surface area contributed by atoms with Gasteiger partial charge >= 0.3 is 6.09 Å². The van der Waals surface area contributed by atoms with Crippen molar-refractivity contribution in [2.45, 2.75) is 23.4 Å². The van der Waals surface area contributed by atoms with Crippen molar-refractivity contribution in [2.24, 2.45) is 0 Å². The Kier molecular flexibility index (Phi) is 7.49. The van der Waals surface area contributed by atoms with Gasteiger partial charge < -0.3 is 19.3 Å². The van der Waals surface area contributed by atoms with Gasteiger partial charge in [0.05, 0.1) is 35.7 Å². The smallest absolute Gasteiger partial charge is 0.409 e. The minimum atomic E-state index is -0.346. The zero-order valence-corrected chi connectivity index (χ0v) is 20.2. The predicted molar refractivity (Wildman–Crippen MR) is 127 cm³/mol. The molecule has 0 saturated carbocycles. The van der Waals surface area contributed by atoms with Crippen LogP contribution in [0.2, 0.25) is 0 Å². The topological polar surface area (TPSA) is 94.0 Å². The van der Waals surface area contributed by atoms with Gasteiger partial charge in [-0.1, -0.05) is 17.8 Å². The van der Waals surface area contributed by atoms with Crippen LogP contribution in [0, 0.1) is 0 Å². The number of carbonyl (C=O) groups excluding carboxylic acids is 2. The Hall–Kier alpha value is -2.66. The Bertz CT molecular complexity index is 1100. The first kappa shape index (κ1) is 23.5. The average molecular weight is 491 g/mol. The third-order valence-corrected chi connectivity index (χ3v) is 7.49. The minimum Gasteiger partial charge on any atom is -0.497 e. The summed E-state index contributed by atoms with van der Waals surface area (Å²) in [6.07, 6.45) is 0.396. The number of fused-ring (bicyclic) bond motifs is 1. The average Bonchev–Trinajstić information content (AvgIpc) is 3.32. The van der Waals surface area contributed by atoms with E-state index < -0.39 is 0 Å². The summed E-state index contributed by atoms with van der Waals surface area (Å²) >= 11 is 2.78. The number of piperazine rings is 1. The normalized spacial score (nSPS) is 15.3. The van der Waals surface area contributed by atoms with Crippen molar-refractivity contribution in [1.82, 2.24) is 19.4 Å². The van der Waals surface area contributed by atoms with E-state index in [4.69, 9.17) is 14.5 Å². The van der Waals surface area contributed by atoms with E-state index >= 15 is 0 Å². The molecule has 2 aliphatic rings. The Morgan fingerprint density at radius 2 is 1.94 bits per heavy atom. The molecule has 1 aromatic heterocycles. The predicted octanol–water partition coefficient (Wildman–Crippen LogP) is 2.28. The summed E-state index contributed by atoms with van der Waals surface area (Å²) in [5.41, 5.74) is 1.33. The molecule has 0 unspecified atom stereocenters. The molecule has 2 aliphatic heterocycles. The molecule has 1 aromatic carbocycles. The molecule has 0 atom stereocenters. The number of hydrogen-bond donors (Lipinski definition) is 0. The molecular formula is C22H26N4O5S2. The first-order valence-corrected chi connectivity index (χ1v) is 12.7. The lowest BCUT2D eigenvalue weighted by Gasteiger charge is -2.34. The van der Waals surface area contributed by atoms with E-state index in [1.54, 1.807) is 34.5 Å². The first-order chi connectivity index (χ1) is 16.0. The third-order valence-electron chi connectivity index (χ3n) is 5.46. The number of hydrogen-bond acceptors (Lipinski definition) is 8. The highest BCUT2D eigenvalue weighted by Crippen LogP contribution is 2.30.